The Labute approximate surface area is 80.8 Å². The van der Waals surface area contributed by atoms with Crippen LogP contribution in [0.1, 0.15) is 6.42 Å². The molecule has 0 N–H and O–H groups in total. The van der Waals surface area contributed by atoms with Crippen molar-refractivity contribution in [3.8, 4) is 0 Å². The van der Waals surface area contributed by atoms with Gasteiger partial charge < -0.3 is 17.0 Å². The van der Waals surface area contributed by atoms with Gasteiger partial charge in [-0.3, -0.25) is 9.48 Å². The van der Waals surface area contributed by atoms with Crippen LogP contribution in [0.15, 0.2) is 0 Å². The highest BCUT2D eigenvalue weighted by atomic mass is 79.9. The molecular weight excluding hydrogens is 260 g/mol. The number of rotatable bonds is 0. The first kappa shape index (κ1) is 10.4. The molecule has 0 saturated carbocycles. The van der Waals surface area contributed by atoms with Crippen LogP contribution in [0.2, 0.25) is 0 Å². The molecule has 4 heteroatoms. The Morgan fingerprint density at radius 1 is 1.60 bits per heavy atom. The minimum absolute atomic E-state index is 0. The van der Waals surface area contributed by atoms with Gasteiger partial charge in [0, 0.05) is 22.4 Å². The van der Waals surface area contributed by atoms with E-state index in [4.69, 9.17) is 0 Å². The predicted octanol–water partition coefficient (Wildman–Crippen LogP) is -2.28. The molecule has 1 aliphatic rings. The summed E-state index contributed by atoms with van der Waals surface area (Å²) in [6.07, 6.45) is 1.27. The highest BCUT2D eigenvalue weighted by Crippen LogP contribution is 2.02. The van der Waals surface area contributed by atoms with Crippen molar-refractivity contribution in [3.63, 3.8) is 0 Å². The summed E-state index contributed by atoms with van der Waals surface area (Å²) in [5, 5.41) is 0. The van der Waals surface area contributed by atoms with Crippen LogP contribution in [0.25, 0.3) is 0 Å². The average molecular weight is 272 g/mol. The molecule has 0 aromatic rings. The molecule has 0 bridgehead atoms. The average Bonchev–Trinajstić information content (AvgIpc) is 1.83. The van der Waals surface area contributed by atoms with E-state index in [1.807, 2.05) is 0 Å². The molecule has 0 unspecified atom stereocenters. The molecular formula is C6H12Br2N2. The van der Waals surface area contributed by atoms with E-state index < -0.39 is 0 Å². The molecule has 0 fully saturated rings. The van der Waals surface area contributed by atoms with E-state index >= 15 is 0 Å². The first-order valence-electron chi connectivity index (χ1n) is 3.16. The zero-order valence-corrected chi connectivity index (χ0v) is 9.44. The molecule has 0 amide bonds. The van der Waals surface area contributed by atoms with Crippen LogP contribution < -0.4 is 17.0 Å². The van der Waals surface area contributed by atoms with Crippen molar-refractivity contribution in [2.24, 2.45) is 0 Å². The lowest BCUT2D eigenvalue weighted by Gasteiger charge is -2.17. The molecule has 0 atom stereocenters. The summed E-state index contributed by atoms with van der Waals surface area (Å²) in [6.45, 7) is 2.34. The Morgan fingerprint density at radius 2 is 2.20 bits per heavy atom. The molecule has 0 saturated heterocycles. The minimum Gasteiger partial charge on any atom is -1.00 e. The molecule has 0 aromatic carbocycles. The highest BCUT2D eigenvalue weighted by molar-refractivity contribution is 9.18. The lowest BCUT2D eigenvalue weighted by Crippen LogP contribution is -3.00. The summed E-state index contributed by atoms with van der Waals surface area (Å²) in [5.41, 5.74) is 0. The van der Waals surface area contributed by atoms with Crippen molar-refractivity contribution in [1.82, 2.24) is 4.90 Å². The van der Waals surface area contributed by atoms with Gasteiger partial charge in [-0.15, -0.1) is 0 Å². The first-order chi connectivity index (χ1) is 4.22. The molecule has 0 aromatic heterocycles. The van der Waals surface area contributed by atoms with E-state index in [2.05, 4.69) is 39.5 Å². The van der Waals surface area contributed by atoms with Crippen molar-refractivity contribution in [2.75, 3.05) is 27.2 Å². The van der Waals surface area contributed by atoms with E-state index in [0.29, 0.717) is 0 Å². The maximum Gasteiger partial charge on any atom is 0.315 e. The van der Waals surface area contributed by atoms with Crippen molar-refractivity contribution in [2.45, 2.75) is 6.42 Å². The molecule has 10 heavy (non-hydrogen) atoms. The third kappa shape index (κ3) is 2.23. The Bertz CT molecular complexity index is 145. The van der Waals surface area contributed by atoms with Crippen LogP contribution in [0, 0.1) is 0 Å². The number of hydrogen-bond donors (Lipinski definition) is 0. The molecule has 2 nitrogen and oxygen atoms in total. The van der Waals surface area contributed by atoms with Crippen LogP contribution >= 0.6 is 15.9 Å². The number of halogens is 2. The van der Waals surface area contributed by atoms with Crippen molar-refractivity contribution in [1.29, 1.82) is 0 Å². The van der Waals surface area contributed by atoms with Gasteiger partial charge in [0.05, 0.1) is 27.2 Å². The Balaban J connectivity index is 0.000000810. The van der Waals surface area contributed by atoms with Crippen molar-refractivity contribution < 1.29 is 21.6 Å². The lowest BCUT2D eigenvalue weighted by atomic mass is 10.3. The third-order valence-corrected chi connectivity index (χ3v) is 2.83. The summed E-state index contributed by atoms with van der Waals surface area (Å²) in [5.74, 6) is 0. The van der Waals surface area contributed by atoms with Crippen molar-refractivity contribution >= 4 is 20.7 Å². The van der Waals surface area contributed by atoms with Gasteiger partial charge in [-0.05, 0) is 0 Å². The van der Waals surface area contributed by atoms with Gasteiger partial charge in [-0.2, -0.15) is 0 Å². The van der Waals surface area contributed by atoms with E-state index in [0.717, 1.165) is 0 Å². The zero-order chi connectivity index (χ0) is 6.85. The number of hydrogen-bond acceptors (Lipinski definition) is 1. The minimum atomic E-state index is 0. The van der Waals surface area contributed by atoms with E-state index in [1.165, 1.54) is 24.3 Å². The van der Waals surface area contributed by atoms with Crippen LogP contribution in [0.3, 0.4) is 0 Å². The Kier molecular flexibility index (Phi) is 4.52. The lowest BCUT2D eigenvalue weighted by molar-refractivity contribution is -0.504. The zero-order valence-electron chi connectivity index (χ0n) is 6.27. The molecule has 1 rings (SSSR count). The number of nitrogens with zero attached hydrogens (tertiary/aromatic N) is 2. The summed E-state index contributed by atoms with van der Waals surface area (Å²) in [4.78, 5) is 2.21. The maximum absolute atomic E-state index is 3.49. The van der Waals surface area contributed by atoms with Gasteiger partial charge in [-0.1, -0.05) is 0 Å². The highest BCUT2D eigenvalue weighted by Gasteiger charge is 2.17. The van der Waals surface area contributed by atoms with Crippen LogP contribution in [-0.4, -0.2) is 41.4 Å². The fourth-order valence-electron chi connectivity index (χ4n) is 1.02. The summed E-state index contributed by atoms with van der Waals surface area (Å²) < 4.78 is 3.41. The van der Waals surface area contributed by atoms with Crippen LogP contribution in [0.5, 0.6) is 0 Å². The van der Waals surface area contributed by atoms with Gasteiger partial charge in [0.1, 0.15) is 0 Å². The monoisotopic (exact) mass is 270 g/mol. The van der Waals surface area contributed by atoms with Crippen LogP contribution in [-0.2, 0) is 0 Å². The normalized spacial score (nSPS) is 18.9. The summed E-state index contributed by atoms with van der Waals surface area (Å²) in [7, 11) is 4.19. The van der Waals surface area contributed by atoms with E-state index in [9.17, 15) is 0 Å². The molecule has 1 aliphatic heterocycles. The SMILES string of the molecule is CN1CCC[N+](C)=C1Br.[Br-]. The first-order valence-corrected chi connectivity index (χ1v) is 3.96. The largest absolute Gasteiger partial charge is 1.00 e. The number of amidine groups is 1. The molecule has 60 valence electrons. The standard InChI is InChI=1S/C6H12BrN2.BrH/c1-8-4-3-5-9(2)6(8)7;/h3-5H2,1-2H3;1H/q+1;/p-1. The molecule has 1 heterocycles. The fraction of sp³-hybridized carbons (Fsp3) is 0.833. The quantitative estimate of drug-likeness (QED) is 0.356. The third-order valence-electron chi connectivity index (χ3n) is 1.62. The van der Waals surface area contributed by atoms with Gasteiger partial charge >= 0.3 is 4.74 Å². The summed E-state index contributed by atoms with van der Waals surface area (Å²) in [6, 6.07) is 0. The maximum atomic E-state index is 3.49. The predicted molar refractivity (Wildman–Crippen MR) is 42.2 cm³/mol. The van der Waals surface area contributed by atoms with Crippen LogP contribution in [0.4, 0.5) is 0 Å². The smallest absolute Gasteiger partial charge is 0.315 e. The van der Waals surface area contributed by atoms with Crippen molar-refractivity contribution in [3.05, 3.63) is 0 Å². The molecule has 0 radical (unpaired) electrons. The van der Waals surface area contributed by atoms with Gasteiger partial charge in [-0.25, -0.2) is 0 Å². The Hall–Kier alpha value is 0.430. The van der Waals surface area contributed by atoms with E-state index in [-0.39, 0.29) is 17.0 Å². The molecule has 0 spiro atoms. The second kappa shape index (κ2) is 4.34. The second-order valence-corrected chi connectivity index (χ2v) is 3.17. The molecule has 0 aliphatic carbocycles. The Morgan fingerprint density at radius 3 is 2.60 bits per heavy atom. The summed E-state index contributed by atoms with van der Waals surface area (Å²) >= 11 is 3.49. The van der Waals surface area contributed by atoms with Gasteiger partial charge in [0.2, 0.25) is 0 Å². The topological polar surface area (TPSA) is 6.25 Å². The van der Waals surface area contributed by atoms with Gasteiger partial charge in [0.15, 0.2) is 0 Å². The van der Waals surface area contributed by atoms with E-state index in [1.54, 1.807) is 0 Å². The fourth-order valence-corrected chi connectivity index (χ4v) is 1.38. The second-order valence-electron chi connectivity index (χ2n) is 2.47. The van der Waals surface area contributed by atoms with Gasteiger partial charge in [0.25, 0.3) is 0 Å².